The van der Waals surface area contributed by atoms with Crippen molar-refractivity contribution < 1.29 is 29.3 Å². The van der Waals surface area contributed by atoms with Gasteiger partial charge in [-0.2, -0.15) is 0 Å². The average molecular weight is 314 g/mol. The zero-order valence-corrected chi connectivity index (χ0v) is 12.9. The molecule has 2 fully saturated rings. The molecule has 22 heavy (non-hydrogen) atoms. The molecule has 4 unspecified atom stereocenters. The number of rotatable bonds is 9. The SMILES string of the molecule is O=C1CCC(CCC(O)CCC(O)CCC2CCC(=O)O2)O1. The molecule has 0 spiro atoms. The summed E-state index contributed by atoms with van der Waals surface area (Å²) in [6.07, 6.45) is 5.00. The van der Waals surface area contributed by atoms with E-state index in [2.05, 4.69) is 0 Å². The lowest BCUT2D eigenvalue weighted by molar-refractivity contribution is -0.142. The molecule has 2 aliphatic heterocycles. The van der Waals surface area contributed by atoms with Crippen LogP contribution in [0.4, 0.5) is 0 Å². The molecule has 0 amide bonds. The summed E-state index contributed by atoms with van der Waals surface area (Å²) in [6, 6.07) is 0. The molecule has 2 heterocycles. The van der Waals surface area contributed by atoms with E-state index >= 15 is 0 Å². The fourth-order valence-electron chi connectivity index (χ4n) is 3.00. The normalized spacial score (nSPS) is 27.5. The van der Waals surface area contributed by atoms with E-state index in [9.17, 15) is 19.8 Å². The molecule has 0 bridgehead atoms. The number of hydrogen-bond donors (Lipinski definition) is 2. The smallest absolute Gasteiger partial charge is 0.306 e. The quantitative estimate of drug-likeness (QED) is 0.626. The van der Waals surface area contributed by atoms with Crippen LogP contribution in [0.15, 0.2) is 0 Å². The third-order valence-electron chi connectivity index (χ3n) is 4.41. The van der Waals surface area contributed by atoms with Gasteiger partial charge in [-0.05, 0) is 51.4 Å². The van der Waals surface area contributed by atoms with Crippen molar-refractivity contribution in [2.24, 2.45) is 0 Å². The van der Waals surface area contributed by atoms with Gasteiger partial charge in [0.05, 0.1) is 12.2 Å². The first-order valence-corrected chi connectivity index (χ1v) is 8.28. The van der Waals surface area contributed by atoms with E-state index in [1.807, 2.05) is 0 Å². The van der Waals surface area contributed by atoms with E-state index < -0.39 is 12.2 Å². The minimum absolute atomic E-state index is 0.0517. The van der Waals surface area contributed by atoms with Gasteiger partial charge < -0.3 is 19.7 Å². The van der Waals surface area contributed by atoms with Crippen LogP contribution in [-0.4, -0.2) is 46.6 Å². The van der Waals surface area contributed by atoms with Gasteiger partial charge in [0, 0.05) is 12.8 Å². The van der Waals surface area contributed by atoms with Crippen molar-refractivity contribution in [3.63, 3.8) is 0 Å². The number of aliphatic hydroxyl groups excluding tert-OH is 2. The topological polar surface area (TPSA) is 93.1 Å². The van der Waals surface area contributed by atoms with E-state index in [4.69, 9.17) is 9.47 Å². The molecule has 2 saturated heterocycles. The van der Waals surface area contributed by atoms with Gasteiger partial charge in [-0.1, -0.05) is 0 Å². The van der Waals surface area contributed by atoms with Crippen molar-refractivity contribution in [3.8, 4) is 0 Å². The van der Waals surface area contributed by atoms with E-state index in [0.717, 1.165) is 12.8 Å². The molecule has 2 rings (SSSR count). The summed E-state index contributed by atoms with van der Waals surface area (Å²) in [5.74, 6) is -0.301. The van der Waals surface area contributed by atoms with E-state index in [1.165, 1.54) is 0 Å². The maximum atomic E-state index is 11.0. The van der Waals surface area contributed by atoms with Gasteiger partial charge >= 0.3 is 11.9 Å². The van der Waals surface area contributed by atoms with Crippen LogP contribution in [0, 0.1) is 0 Å². The minimum Gasteiger partial charge on any atom is -0.462 e. The molecular weight excluding hydrogens is 288 g/mol. The molecule has 0 aromatic heterocycles. The molecule has 6 heteroatoms. The summed E-state index contributed by atoms with van der Waals surface area (Å²) >= 11 is 0. The summed E-state index contributed by atoms with van der Waals surface area (Å²) in [6.45, 7) is 0. The van der Waals surface area contributed by atoms with Gasteiger partial charge in [-0.3, -0.25) is 9.59 Å². The van der Waals surface area contributed by atoms with Crippen molar-refractivity contribution in [1.29, 1.82) is 0 Å². The van der Waals surface area contributed by atoms with Gasteiger partial charge in [-0.15, -0.1) is 0 Å². The summed E-state index contributed by atoms with van der Waals surface area (Å²) in [7, 11) is 0. The van der Waals surface area contributed by atoms with Gasteiger partial charge in [0.1, 0.15) is 12.2 Å². The van der Waals surface area contributed by atoms with Gasteiger partial charge in [0.2, 0.25) is 0 Å². The third-order valence-corrected chi connectivity index (χ3v) is 4.41. The number of esters is 2. The molecule has 0 radical (unpaired) electrons. The molecule has 0 saturated carbocycles. The fraction of sp³-hybridized carbons (Fsp3) is 0.875. The highest BCUT2D eigenvalue weighted by Gasteiger charge is 2.25. The number of aliphatic hydroxyl groups is 2. The van der Waals surface area contributed by atoms with Crippen LogP contribution in [0.3, 0.4) is 0 Å². The number of carbonyl (C=O) groups excluding carboxylic acids is 2. The molecule has 2 N–H and O–H groups in total. The van der Waals surface area contributed by atoms with Crippen molar-refractivity contribution in [2.45, 2.75) is 88.6 Å². The Morgan fingerprint density at radius 3 is 1.55 bits per heavy atom. The van der Waals surface area contributed by atoms with Crippen LogP contribution in [0.5, 0.6) is 0 Å². The molecule has 0 aliphatic carbocycles. The van der Waals surface area contributed by atoms with Crippen LogP contribution < -0.4 is 0 Å². The lowest BCUT2D eigenvalue weighted by atomic mass is 10.00. The summed E-state index contributed by atoms with van der Waals surface area (Å²) < 4.78 is 10.2. The van der Waals surface area contributed by atoms with Gasteiger partial charge in [0.15, 0.2) is 0 Å². The molecular formula is C16H26O6. The Kier molecular flexibility index (Phi) is 6.64. The van der Waals surface area contributed by atoms with Crippen molar-refractivity contribution in [1.82, 2.24) is 0 Å². The minimum atomic E-state index is -0.474. The van der Waals surface area contributed by atoms with Crippen LogP contribution >= 0.6 is 0 Å². The standard InChI is InChI=1S/C16H26O6/c17-11(3-5-13-7-9-15(19)21-13)1-2-12(18)4-6-14-8-10-16(20)22-14/h11-14,17-18H,1-10H2. The Bertz CT molecular complexity index is 347. The average Bonchev–Trinajstić information content (AvgIpc) is 3.09. The molecule has 4 atom stereocenters. The second-order valence-corrected chi connectivity index (χ2v) is 6.34. The number of cyclic esters (lactones) is 2. The van der Waals surface area contributed by atoms with E-state index in [1.54, 1.807) is 0 Å². The maximum absolute atomic E-state index is 11.0. The Morgan fingerprint density at radius 2 is 1.23 bits per heavy atom. The molecule has 0 aromatic rings. The highest BCUT2D eigenvalue weighted by molar-refractivity contribution is 5.71. The Balaban J connectivity index is 1.50. The molecule has 0 aromatic carbocycles. The summed E-state index contributed by atoms with van der Waals surface area (Å²) in [5.41, 5.74) is 0. The van der Waals surface area contributed by atoms with Crippen LogP contribution in [0.1, 0.15) is 64.2 Å². The summed E-state index contributed by atoms with van der Waals surface area (Å²) in [4.78, 5) is 21.9. The van der Waals surface area contributed by atoms with Crippen LogP contribution in [0.2, 0.25) is 0 Å². The highest BCUT2D eigenvalue weighted by Crippen LogP contribution is 2.22. The Hall–Kier alpha value is -1.14. The zero-order chi connectivity index (χ0) is 15.9. The fourth-order valence-corrected chi connectivity index (χ4v) is 3.00. The number of carbonyl (C=O) groups is 2. The van der Waals surface area contributed by atoms with Crippen LogP contribution in [-0.2, 0) is 19.1 Å². The Morgan fingerprint density at radius 1 is 0.818 bits per heavy atom. The highest BCUT2D eigenvalue weighted by atomic mass is 16.6. The first kappa shape index (κ1) is 17.2. The largest absolute Gasteiger partial charge is 0.462 e. The Labute approximate surface area is 130 Å². The monoisotopic (exact) mass is 314 g/mol. The molecule has 2 aliphatic rings. The van der Waals surface area contributed by atoms with Crippen molar-refractivity contribution >= 4 is 11.9 Å². The lowest BCUT2D eigenvalue weighted by Crippen LogP contribution is -2.17. The predicted octanol–water partition coefficient (Wildman–Crippen LogP) is 1.46. The predicted molar refractivity (Wildman–Crippen MR) is 77.9 cm³/mol. The van der Waals surface area contributed by atoms with Gasteiger partial charge in [-0.25, -0.2) is 0 Å². The van der Waals surface area contributed by atoms with Crippen LogP contribution in [0.25, 0.3) is 0 Å². The maximum Gasteiger partial charge on any atom is 0.306 e. The van der Waals surface area contributed by atoms with E-state index in [-0.39, 0.29) is 24.1 Å². The molecule has 6 nitrogen and oxygen atoms in total. The van der Waals surface area contributed by atoms with E-state index in [0.29, 0.717) is 51.4 Å². The number of ether oxygens (including phenoxy) is 2. The molecule has 126 valence electrons. The second kappa shape index (κ2) is 8.48. The zero-order valence-electron chi connectivity index (χ0n) is 12.9. The van der Waals surface area contributed by atoms with Crippen molar-refractivity contribution in [2.75, 3.05) is 0 Å². The van der Waals surface area contributed by atoms with Crippen molar-refractivity contribution in [3.05, 3.63) is 0 Å². The number of hydrogen-bond acceptors (Lipinski definition) is 6. The third kappa shape index (κ3) is 5.93. The van der Waals surface area contributed by atoms with Gasteiger partial charge in [0.25, 0.3) is 0 Å². The first-order valence-electron chi connectivity index (χ1n) is 8.28. The lowest BCUT2D eigenvalue weighted by Gasteiger charge is -2.17. The second-order valence-electron chi connectivity index (χ2n) is 6.34. The summed E-state index contributed by atoms with van der Waals surface area (Å²) in [5, 5.41) is 19.8. The first-order chi connectivity index (χ1) is 10.5.